The molecule has 0 spiro atoms. The fourth-order valence-electron chi connectivity index (χ4n) is 3.44. The molecule has 0 aliphatic carbocycles. The number of phenolic OH excluding ortho intramolecular Hbond substituents is 1. The second-order valence-corrected chi connectivity index (χ2v) is 6.38. The number of nitrogens with zero attached hydrogens (tertiary/aromatic N) is 2. The molecule has 26 heavy (non-hydrogen) atoms. The maximum Gasteiger partial charge on any atom is 0.253 e. The highest BCUT2D eigenvalue weighted by molar-refractivity contribution is 5.94. The summed E-state index contributed by atoms with van der Waals surface area (Å²) in [4.78, 5) is 16.9. The van der Waals surface area contributed by atoms with Crippen LogP contribution in [-0.2, 0) is 13.1 Å². The van der Waals surface area contributed by atoms with Crippen LogP contribution in [0.5, 0.6) is 5.75 Å². The third kappa shape index (κ3) is 4.06. The molecule has 1 saturated heterocycles. The lowest BCUT2D eigenvalue weighted by molar-refractivity contribution is 0.0746. The third-order valence-corrected chi connectivity index (χ3v) is 4.87. The first-order valence-corrected chi connectivity index (χ1v) is 8.36. The van der Waals surface area contributed by atoms with E-state index in [0.717, 1.165) is 50.5 Å². The van der Waals surface area contributed by atoms with Crippen molar-refractivity contribution >= 4 is 36.4 Å². The molecule has 2 heterocycles. The second-order valence-electron chi connectivity index (χ2n) is 6.38. The van der Waals surface area contributed by atoms with Crippen LogP contribution >= 0.6 is 24.8 Å². The summed E-state index contributed by atoms with van der Waals surface area (Å²) in [5, 5.41) is 12.7. The Bertz CT molecular complexity index is 760. The largest absolute Gasteiger partial charge is 0.508 e. The van der Waals surface area contributed by atoms with Gasteiger partial charge in [0, 0.05) is 50.5 Å². The summed E-state index contributed by atoms with van der Waals surface area (Å²) in [6.07, 6.45) is 0. The lowest BCUT2D eigenvalue weighted by atomic mass is 10.1. The molecule has 2 N–H and O–H groups in total. The number of nitrogens with one attached hydrogen (secondary N) is 1. The first kappa shape index (κ1) is 20.4. The van der Waals surface area contributed by atoms with E-state index in [0.29, 0.717) is 0 Å². The molecule has 0 bridgehead atoms. The molecule has 0 saturated carbocycles. The van der Waals surface area contributed by atoms with Crippen LogP contribution in [0.25, 0.3) is 0 Å². The molecule has 2 aliphatic heterocycles. The summed E-state index contributed by atoms with van der Waals surface area (Å²) in [6, 6.07) is 13.3. The number of carbonyl (C=O) groups is 1. The second kappa shape index (κ2) is 8.62. The fourth-order valence-corrected chi connectivity index (χ4v) is 3.44. The Labute approximate surface area is 165 Å². The van der Waals surface area contributed by atoms with E-state index >= 15 is 0 Å². The Balaban J connectivity index is 0.00000121. The van der Waals surface area contributed by atoms with Crippen molar-refractivity contribution in [2.75, 3.05) is 31.1 Å². The molecule has 2 aromatic rings. The van der Waals surface area contributed by atoms with Crippen LogP contribution in [-0.4, -0.2) is 42.1 Å². The minimum Gasteiger partial charge on any atom is -0.508 e. The van der Waals surface area contributed by atoms with Gasteiger partial charge in [-0.2, -0.15) is 0 Å². The molecule has 2 aliphatic rings. The Morgan fingerprint density at radius 2 is 1.54 bits per heavy atom. The zero-order valence-corrected chi connectivity index (χ0v) is 16.0. The highest BCUT2D eigenvalue weighted by Gasteiger charge is 2.23. The number of carbonyl (C=O) groups excluding carboxylic acids is 1. The Morgan fingerprint density at radius 3 is 2.23 bits per heavy atom. The SMILES string of the molecule is Cl.Cl.O=C(c1ccc2c(c1)CNC2)N1CCN(c2ccc(O)cc2)CC1. The number of phenols is 1. The number of hydrogen-bond acceptors (Lipinski definition) is 4. The van der Waals surface area contributed by atoms with Gasteiger partial charge < -0.3 is 20.2 Å². The van der Waals surface area contributed by atoms with Crippen LogP contribution < -0.4 is 10.2 Å². The summed E-state index contributed by atoms with van der Waals surface area (Å²) in [5.74, 6) is 0.397. The Kier molecular flexibility index (Phi) is 6.75. The van der Waals surface area contributed by atoms with Crippen molar-refractivity contribution in [1.82, 2.24) is 10.2 Å². The van der Waals surface area contributed by atoms with E-state index in [4.69, 9.17) is 0 Å². The zero-order chi connectivity index (χ0) is 16.5. The van der Waals surface area contributed by atoms with Crippen molar-refractivity contribution < 1.29 is 9.90 Å². The van der Waals surface area contributed by atoms with Crippen LogP contribution in [0, 0.1) is 0 Å². The summed E-state index contributed by atoms with van der Waals surface area (Å²) in [5.41, 5.74) is 4.41. The molecule has 0 radical (unpaired) electrons. The number of amides is 1. The van der Waals surface area contributed by atoms with Crippen LogP contribution in [0.2, 0.25) is 0 Å². The van der Waals surface area contributed by atoms with Gasteiger partial charge in [-0.1, -0.05) is 6.07 Å². The summed E-state index contributed by atoms with van der Waals surface area (Å²) < 4.78 is 0. The molecule has 0 unspecified atom stereocenters. The summed E-state index contributed by atoms with van der Waals surface area (Å²) in [6.45, 7) is 4.80. The fraction of sp³-hybridized carbons (Fsp3) is 0.316. The predicted molar refractivity (Wildman–Crippen MR) is 108 cm³/mol. The molecule has 0 aromatic heterocycles. The highest BCUT2D eigenvalue weighted by atomic mass is 35.5. The summed E-state index contributed by atoms with van der Waals surface area (Å²) >= 11 is 0. The van der Waals surface area contributed by atoms with E-state index in [9.17, 15) is 9.90 Å². The first-order chi connectivity index (χ1) is 11.7. The van der Waals surface area contributed by atoms with Crippen molar-refractivity contribution in [3.8, 4) is 5.75 Å². The number of halogens is 2. The monoisotopic (exact) mass is 395 g/mol. The molecule has 140 valence electrons. The van der Waals surface area contributed by atoms with Crippen LogP contribution in [0.15, 0.2) is 42.5 Å². The highest BCUT2D eigenvalue weighted by Crippen LogP contribution is 2.22. The molecule has 4 rings (SSSR count). The van der Waals surface area contributed by atoms with E-state index in [1.165, 1.54) is 11.1 Å². The maximum absolute atomic E-state index is 12.7. The molecule has 1 amide bonds. The van der Waals surface area contributed by atoms with Crippen molar-refractivity contribution in [3.05, 3.63) is 59.2 Å². The Morgan fingerprint density at radius 1 is 0.885 bits per heavy atom. The molecular weight excluding hydrogens is 373 g/mol. The predicted octanol–water partition coefficient (Wildman–Crippen LogP) is 2.80. The van der Waals surface area contributed by atoms with Crippen LogP contribution in [0.4, 0.5) is 5.69 Å². The third-order valence-electron chi connectivity index (χ3n) is 4.87. The van der Waals surface area contributed by atoms with E-state index < -0.39 is 0 Å². The number of benzene rings is 2. The van der Waals surface area contributed by atoms with E-state index in [1.54, 1.807) is 12.1 Å². The molecule has 2 aromatic carbocycles. The van der Waals surface area contributed by atoms with Gasteiger partial charge in [0.05, 0.1) is 0 Å². The van der Waals surface area contributed by atoms with E-state index in [2.05, 4.69) is 16.3 Å². The minimum atomic E-state index is 0. The number of piperazine rings is 1. The van der Waals surface area contributed by atoms with Gasteiger partial charge in [-0.15, -0.1) is 24.8 Å². The zero-order valence-electron chi connectivity index (χ0n) is 14.4. The van der Waals surface area contributed by atoms with Gasteiger partial charge in [0.25, 0.3) is 5.91 Å². The smallest absolute Gasteiger partial charge is 0.253 e. The van der Waals surface area contributed by atoms with Crippen LogP contribution in [0.3, 0.4) is 0 Å². The standard InChI is InChI=1S/C19H21N3O2.2ClH/c23-18-5-3-17(4-6-18)21-7-9-22(10-8-21)19(24)14-1-2-15-12-20-13-16(15)11-14;;/h1-6,11,20,23H,7-10,12-13H2;2*1H. The number of hydrogen-bond donors (Lipinski definition) is 2. The molecule has 1 fully saturated rings. The lowest BCUT2D eigenvalue weighted by Gasteiger charge is -2.36. The van der Waals surface area contributed by atoms with Gasteiger partial charge >= 0.3 is 0 Å². The van der Waals surface area contributed by atoms with Crippen molar-refractivity contribution in [3.63, 3.8) is 0 Å². The minimum absolute atomic E-state index is 0. The molecule has 5 nitrogen and oxygen atoms in total. The van der Waals surface area contributed by atoms with Crippen molar-refractivity contribution in [2.24, 2.45) is 0 Å². The van der Waals surface area contributed by atoms with Gasteiger partial charge in [-0.3, -0.25) is 4.79 Å². The topological polar surface area (TPSA) is 55.8 Å². The Hall–Kier alpha value is -1.95. The molecule has 7 heteroatoms. The number of anilines is 1. The van der Waals surface area contributed by atoms with Gasteiger partial charge in [0.15, 0.2) is 0 Å². The average Bonchev–Trinajstić information content (AvgIpc) is 3.09. The van der Waals surface area contributed by atoms with Gasteiger partial charge in [-0.25, -0.2) is 0 Å². The molecular formula is C19H23Cl2N3O2. The van der Waals surface area contributed by atoms with E-state index in [-0.39, 0.29) is 36.5 Å². The average molecular weight is 396 g/mol. The van der Waals surface area contributed by atoms with Crippen molar-refractivity contribution in [1.29, 1.82) is 0 Å². The summed E-state index contributed by atoms with van der Waals surface area (Å²) in [7, 11) is 0. The first-order valence-electron chi connectivity index (χ1n) is 8.36. The molecule has 0 atom stereocenters. The number of rotatable bonds is 2. The number of aromatic hydroxyl groups is 1. The maximum atomic E-state index is 12.7. The van der Waals surface area contributed by atoms with Gasteiger partial charge in [-0.05, 0) is 47.5 Å². The van der Waals surface area contributed by atoms with Crippen molar-refractivity contribution in [2.45, 2.75) is 13.1 Å². The normalized spacial score (nSPS) is 15.7. The van der Waals surface area contributed by atoms with Crippen LogP contribution in [0.1, 0.15) is 21.5 Å². The lowest BCUT2D eigenvalue weighted by Crippen LogP contribution is -2.48. The quantitative estimate of drug-likeness (QED) is 0.820. The number of fused-ring (bicyclic) bond motifs is 1. The van der Waals surface area contributed by atoms with Gasteiger partial charge in [0.1, 0.15) is 5.75 Å². The van der Waals surface area contributed by atoms with Gasteiger partial charge in [0.2, 0.25) is 0 Å². The van der Waals surface area contributed by atoms with E-state index in [1.807, 2.05) is 29.2 Å².